The minimum atomic E-state index is 0.546. The fourth-order valence-electron chi connectivity index (χ4n) is 2.37. The third-order valence-corrected chi connectivity index (χ3v) is 3.46. The fourth-order valence-corrected chi connectivity index (χ4v) is 2.37. The summed E-state index contributed by atoms with van der Waals surface area (Å²) in [7, 11) is 0. The Labute approximate surface area is 99.2 Å². The lowest BCUT2D eigenvalue weighted by Gasteiger charge is -2.22. The zero-order chi connectivity index (χ0) is 11.8. The molecule has 3 N–H and O–H groups in total. The Bertz CT molecular complexity index is 526. The molecule has 0 aliphatic carbocycles. The number of hydrogen-bond acceptors (Lipinski definition) is 4. The van der Waals surface area contributed by atoms with Crippen LogP contribution >= 0.6 is 0 Å². The molecule has 1 atom stereocenters. The summed E-state index contributed by atoms with van der Waals surface area (Å²) in [5.74, 6) is 2.51. The lowest BCUT2D eigenvalue weighted by atomic mass is 9.98. The van der Waals surface area contributed by atoms with Crippen LogP contribution in [0.2, 0.25) is 0 Å². The van der Waals surface area contributed by atoms with Crippen molar-refractivity contribution in [1.29, 1.82) is 0 Å². The van der Waals surface area contributed by atoms with E-state index in [1.807, 2.05) is 13.1 Å². The van der Waals surface area contributed by atoms with Crippen molar-refractivity contribution in [2.45, 2.75) is 26.3 Å². The minimum absolute atomic E-state index is 0.546. The van der Waals surface area contributed by atoms with Gasteiger partial charge >= 0.3 is 0 Å². The van der Waals surface area contributed by atoms with Crippen LogP contribution in [0.5, 0.6) is 0 Å². The van der Waals surface area contributed by atoms with Crippen molar-refractivity contribution < 1.29 is 0 Å². The molecule has 6 nitrogen and oxygen atoms in total. The third kappa shape index (κ3) is 1.64. The van der Waals surface area contributed by atoms with Crippen LogP contribution in [0, 0.1) is 12.8 Å². The third-order valence-electron chi connectivity index (χ3n) is 3.46. The number of rotatable bonds is 2. The normalized spacial score (nSPS) is 19.3. The highest BCUT2D eigenvalue weighted by Crippen LogP contribution is 2.26. The Morgan fingerprint density at radius 3 is 3.12 bits per heavy atom. The van der Waals surface area contributed by atoms with Crippen molar-refractivity contribution in [2.24, 2.45) is 11.7 Å². The van der Waals surface area contributed by atoms with E-state index >= 15 is 0 Å². The van der Waals surface area contributed by atoms with E-state index in [-0.39, 0.29) is 0 Å². The highest BCUT2D eigenvalue weighted by molar-refractivity contribution is 5.57. The summed E-state index contributed by atoms with van der Waals surface area (Å²) in [6.07, 6.45) is 3.84. The quantitative estimate of drug-likeness (QED) is 0.789. The predicted molar refractivity (Wildman–Crippen MR) is 63.2 cm³/mol. The second kappa shape index (κ2) is 3.96. The summed E-state index contributed by atoms with van der Waals surface area (Å²) >= 11 is 0. The number of fused-ring (bicyclic) bond motifs is 1. The monoisotopic (exact) mass is 232 g/mol. The van der Waals surface area contributed by atoms with Crippen molar-refractivity contribution in [1.82, 2.24) is 25.0 Å². The fraction of sp³-hybridized carbons (Fsp3) is 0.545. The van der Waals surface area contributed by atoms with Crippen molar-refractivity contribution in [2.75, 3.05) is 6.54 Å². The molecule has 0 fully saturated rings. The van der Waals surface area contributed by atoms with Crippen LogP contribution in [-0.2, 0) is 13.0 Å². The second-order valence-corrected chi connectivity index (χ2v) is 4.59. The number of nitrogens with two attached hydrogens (primary N) is 1. The molecule has 0 saturated heterocycles. The SMILES string of the molecule is Cc1[nH]ncc1-c1nnc2n1CCC(CN)C2. The van der Waals surface area contributed by atoms with E-state index < -0.39 is 0 Å². The van der Waals surface area contributed by atoms with Gasteiger partial charge in [-0.25, -0.2) is 0 Å². The van der Waals surface area contributed by atoms with Crippen LogP contribution < -0.4 is 5.73 Å². The lowest BCUT2D eigenvalue weighted by Crippen LogP contribution is -2.25. The first-order chi connectivity index (χ1) is 8.29. The highest BCUT2D eigenvalue weighted by atomic mass is 15.3. The first-order valence-electron chi connectivity index (χ1n) is 5.92. The van der Waals surface area contributed by atoms with Gasteiger partial charge in [-0.05, 0) is 25.8 Å². The topological polar surface area (TPSA) is 85.4 Å². The first kappa shape index (κ1) is 10.5. The minimum Gasteiger partial charge on any atom is -0.330 e. The van der Waals surface area contributed by atoms with E-state index in [2.05, 4.69) is 25.0 Å². The van der Waals surface area contributed by atoms with Crippen molar-refractivity contribution in [3.05, 3.63) is 17.7 Å². The van der Waals surface area contributed by atoms with Crippen LogP contribution in [0.15, 0.2) is 6.20 Å². The smallest absolute Gasteiger partial charge is 0.167 e. The Morgan fingerprint density at radius 1 is 1.53 bits per heavy atom. The molecule has 2 aromatic heterocycles. The first-order valence-corrected chi connectivity index (χ1v) is 5.92. The second-order valence-electron chi connectivity index (χ2n) is 4.59. The molecule has 0 aromatic carbocycles. The maximum Gasteiger partial charge on any atom is 0.167 e. The van der Waals surface area contributed by atoms with Crippen molar-refractivity contribution in [3.63, 3.8) is 0 Å². The molecule has 0 saturated carbocycles. The lowest BCUT2D eigenvalue weighted by molar-refractivity contribution is 0.391. The summed E-state index contributed by atoms with van der Waals surface area (Å²) in [6.45, 7) is 3.67. The van der Waals surface area contributed by atoms with Crippen LogP contribution in [0.1, 0.15) is 17.9 Å². The van der Waals surface area contributed by atoms with Gasteiger partial charge < -0.3 is 10.3 Å². The summed E-state index contributed by atoms with van der Waals surface area (Å²) < 4.78 is 2.18. The summed E-state index contributed by atoms with van der Waals surface area (Å²) in [6, 6.07) is 0. The summed E-state index contributed by atoms with van der Waals surface area (Å²) in [5, 5.41) is 15.5. The highest BCUT2D eigenvalue weighted by Gasteiger charge is 2.23. The molecule has 6 heteroatoms. The van der Waals surface area contributed by atoms with Crippen molar-refractivity contribution >= 4 is 0 Å². The van der Waals surface area contributed by atoms with Crippen molar-refractivity contribution in [3.8, 4) is 11.4 Å². The zero-order valence-corrected chi connectivity index (χ0v) is 9.85. The van der Waals surface area contributed by atoms with Gasteiger partial charge in [0.2, 0.25) is 0 Å². The number of nitrogens with zero attached hydrogens (tertiary/aromatic N) is 4. The van der Waals surface area contributed by atoms with Gasteiger partial charge in [-0.2, -0.15) is 5.10 Å². The van der Waals surface area contributed by atoms with Gasteiger partial charge in [-0.1, -0.05) is 0 Å². The molecule has 0 amide bonds. The Kier molecular flexibility index (Phi) is 2.44. The van der Waals surface area contributed by atoms with Gasteiger partial charge in [-0.3, -0.25) is 5.10 Å². The molecule has 1 unspecified atom stereocenters. The number of nitrogens with one attached hydrogen (secondary N) is 1. The van der Waals surface area contributed by atoms with Gasteiger partial charge in [-0.15, -0.1) is 10.2 Å². The van der Waals surface area contributed by atoms with Crippen LogP contribution in [0.4, 0.5) is 0 Å². The standard InChI is InChI=1S/C11H16N6/c1-7-9(6-13-14-7)11-16-15-10-4-8(5-12)2-3-17(10)11/h6,8H,2-5,12H2,1H3,(H,13,14). The number of aryl methyl sites for hydroxylation is 1. The number of aromatic amines is 1. The number of aromatic nitrogens is 5. The average molecular weight is 232 g/mol. The van der Waals surface area contributed by atoms with Gasteiger partial charge in [0.15, 0.2) is 5.82 Å². The zero-order valence-electron chi connectivity index (χ0n) is 9.85. The largest absolute Gasteiger partial charge is 0.330 e. The van der Waals surface area contributed by atoms with E-state index in [4.69, 9.17) is 5.73 Å². The molecule has 1 aliphatic rings. The average Bonchev–Trinajstić information content (AvgIpc) is 2.94. The molecule has 0 bridgehead atoms. The van der Waals surface area contributed by atoms with Gasteiger partial charge in [0.25, 0.3) is 0 Å². The Morgan fingerprint density at radius 2 is 2.41 bits per heavy atom. The van der Waals surface area contributed by atoms with Gasteiger partial charge in [0.05, 0.1) is 11.8 Å². The van der Waals surface area contributed by atoms with Gasteiger partial charge in [0, 0.05) is 18.7 Å². The maximum atomic E-state index is 5.71. The molecule has 0 spiro atoms. The van der Waals surface area contributed by atoms with E-state index in [1.54, 1.807) is 0 Å². The molecule has 2 aromatic rings. The van der Waals surface area contributed by atoms with Crippen LogP contribution in [-0.4, -0.2) is 31.5 Å². The predicted octanol–water partition coefficient (Wildman–Crippen LogP) is 0.498. The van der Waals surface area contributed by atoms with Crippen LogP contribution in [0.25, 0.3) is 11.4 Å². The van der Waals surface area contributed by atoms with E-state index in [9.17, 15) is 0 Å². The maximum absolute atomic E-state index is 5.71. The molecule has 90 valence electrons. The molecule has 0 radical (unpaired) electrons. The number of hydrogen-bond donors (Lipinski definition) is 2. The van der Waals surface area contributed by atoms with E-state index in [0.29, 0.717) is 5.92 Å². The molecular formula is C11H16N6. The summed E-state index contributed by atoms with van der Waals surface area (Å²) in [5.41, 5.74) is 7.78. The van der Waals surface area contributed by atoms with E-state index in [1.165, 1.54) is 0 Å². The van der Waals surface area contributed by atoms with E-state index in [0.717, 1.165) is 48.8 Å². The summed E-state index contributed by atoms with van der Waals surface area (Å²) in [4.78, 5) is 0. The number of H-pyrrole nitrogens is 1. The molecule has 1 aliphatic heterocycles. The Balaban J connectivity index is 2.00. The van der Waals surface area contributed by atoms with Crippen LogP contribution in [0.3, 0.4) is 0 Å². The molecule has 3 rings (SSSR count). The molecular weight excluding hydrogens is 216 g/mol. The molecule has 17 heavy (non-hydrogen) atoms. The van der Waals surface area contributed by atoms with Gasteiger partial charge in [0.1, 0.15) is 5.82 Å². The Hall–Kier alpha value is -1.69. The molecule has 3 heterocycles.